The van der Waals surface area contributed by atoms with Crippen LogP contribution in [0.2, 0.25) is 0 Å². The predicted molar refractivity (Wildman–Crippen MR) is 78.3 cm³/mol. The lowest BCUT2D eigenvalue weighted by Gasteiger charge is -2.16. The lowest BCUT2D eigenvalue weighted by molar-refractivity contribution is 0.0937. The Bertz CT molecular complexity index is 655. The van der Waals surface area contributed by atoms with Crippen LogP contribution in [0.15, 0.2) is 29.2 Å². The molecule has 0 radical (unpaired) electrons. The summed E-state index contributed by atoms with van der Waals surface area (Å²) in [6.45, 7) is 1.90. The summed E-state index contributed by atoms with van der Waals surface area (Å²) in [5.74, 6) is -0.247. The molecule has 3 N–H and O–H groups in total. The van der Waals surface area contributed by atoms with Crippen LogP contribution in [0, 0.1) is 0 Å². The SMILES string of the molecule is NS(=O)(=O)c1cccc(C(=O)NC2CCN(C3CC3)C2)c1. The van der Waals surface area contributed by atoms with Crippen molar-refractivity contribution in [3.05, 3.63) is 29.8 Å². The molecule has 114 valence electrons. The van der Waals surface area contributed by atoms with Crippen LogP contribution >= 0.6 is 0 Å². The van der Waals surface area contributed by atoms with E-state index in [4.69, 9.17) is 5.14 Å². The van der Waals surface area contributed by atoms with Gasteiger partial charge in [-0.25, -0.2) is 13.6 Å². The molecule has 1 aliphatic carbocycles. The maximum atomic E-state index is 12.2. The molecule has 6 nitrogen and oxygen atoms in total. The van der Waals surface area contributed by atoms with E-state index in [9.17, 15) is 13.2 Å². The van der Waals surface area contributed by atoms with Gasteiger partial charge in [-0.1, -0.05) is 6.07 Å². The highest BCUT2D eigenvalue weighted by Gasteiger charge is 2.34. The lowest BCUT2D eigenvalue weighted by Crippen LogP contribution is -2.37. The maximum Gasteiger partial charge on any atom is 0.251 e. The van der Waals surface area contributed by atoms with Crippen LogP contribution in [-0.2, 0) is 10.0 Å². The smallest absolute Gasteiger partial charge is 0.251 e. The van der Waals surface area contributed by atoms with E-state index in [0.717, 1.165) is 19.5 Å². The summed E-state index contributed by atoms with van der Waals surface area (Å²) in [6.07, 6.45) is 3.46. The fraction of sp³-hybridized carbons (Fsp3) is 0.500. The number of sulfonamides is 1. The zero-order valence-corrected chi connectivity index (χ0v) is 12.5. The van der Waals surface area contributed by atoms with Gasteiger partial charge in [0.2, 0.25) is 10.0 Å². The fourth-order valence-electron chi connectivity index (χ4n) is 2.76. The highest BCUT2D eigenvalue weighted by atomic mass is 32.2. The van der Waals surface area contributed by atoms with Gasteiger partial charge in [0.1, 0.15) is 0 Å². The van der Waals surface area contributed by atoms with E-state index in [2.05, 4.69) is 10.2 Å². The Hall–Kier alpha value is -1.44. The Morgan fingerprint density at radius 1 is 1.29 bits per heavy atom. The molecule has 1 saturated carbocycles. The summed E-state index contributed by atoms with van der Waals surface area (Å²) in [7, 11) is -3.79. The number of primary sulfonamides is 1. The Labute approximate surface area is 124 Å². The lowest BCUT2D eigenvalue weighted by atomic mass is 10.2. The highest BCUT2D eigenvalue weighted by Crippen LogP contribution is 2.29. The minimum Gasteiger partial charge on any atom is -0.348 e. The molecule has 1 heterocycles. The third kappa shape index (κ3) is 3.42. The fourth-order valence-corrected chi connectivity index (χ4v) is 3.32. The van der Waals surface area contributed by atoms with Crippen LogP contribution in [0.1, 0.15) is 29.6 Å². The molecule has 0 aromatic heterocycles. The second-order valence-corrected chi connectivity index (χ2v) is 7.32. The molecule has 1 saturated heterocycles. The van der Waals surface area contributed by atoms with Gasteiger partial charge in [-0.3, -0.25) is 9.69 Å². The van der Waals surface area contributed by atoms with E-state index in [-0.39, 0.29) is 16.8 Å². The first-order valence-electron chi connectivity index (χ1n) is 7.11. The molecule has 2 aliphatic rings. The number of likely N-dealkylation sites (tertiary alicyclic amines) is 1. The summed E-state index contributed by atoms with van der Waals surface area (Å²) in [6, 6.07) is 6.67. The first-order chi connectivity index (χ1) is 9.93. The number of carbonyl (C=O) groups is 1. The first-order valence-corrected chi connectivity index (χ1v) is 8.66. The summed E-state index contributed by atoms with van der Waals surface area (Å²) < 4.78 is 22.6. The summed E-state index contributed by atoms with van der Waals surface area (Å²) in [5.41, 5.74) is 0.325. The molecule has 1 aliphatic heterocycles. The van der Waals surface area contributed by atoms with Gasteiger partial charge in [-0.05, 0) is 37.5 Å². The topological polar surface area (TPSA) is 92.5 Å². The van der Waals surface area contributed by atoms with Crippen molar-refractivity contribution in [1.29, 1.82) is 0 Å². The number of carbonyl (C=O) groups excluding carboxylic acids is 1. The number of hydrogen-bond acceptors (Lipinski definition) is 4. The standard InChI is InChI=1S/C14H19N3O3S/c15-21(19,20)13-3-1-2-10(8-13)14(18)16-11-6-7-17(9-11)12-4-5-12/h1-3,8,11-12H,4-7,9H2,(H,16,18)(H2,15,19,20). The minimum atomic E-state index is -3.79. The molecule has 1 aromatic rings. The van der Waals surface area contributed by atoms with Gasteiger partial charge in [0.05, 0.1) is 4.90 Å². The molecular formula is C14H19N3O3S. The average molecular weight is 309 g/mol. The number of benzene rings is 1. The van der Waals surface area contributed by atoms with Gasteiger partial charge in [0.25, 0.3) is 5.91 Å². The van der Waals surface area contributed by atoms with Gasteiger partial charge in [-0.15, -0.1) is 0 Å². The molecule has 1 unspecified atom stereocenters. The van der Waals surface area contributed by atoms with Crippen LogP contribution in [0.3, 0.4) is 0 Å². The second-order valence-electron chi connectivity index (χ2n) is 5.76. The number of hydrogen-bond donors (Lipinski definition) is 2. The van der Waals surface area contributed by atoms with Gasteiger partial charge < -0.3 is 5.32 Å². The third-order valence-electron chi connectivity index (χ3n) is 4.04. The largest absolute Gasteiger partial charge is 0.348 e. The Morgan fingerprint density at radius 2 is 2.05 bits per heavy atom. The Balaban J connectivity index is 1.65. The first kappa shape index (κ1) is 14.5. The van der Waals surface area contributed by atoms with E-state index >= 15 is 0 Å². The van der Waals surface area contributed by atoms with Crippen molar-refractivity contribution in [2.24, 2.45) is 5.14 Å². The average Bonchev–Trinajstić information content (AvgIpc) is 3.19. The predicted octanol–water partition coefficient (Wildman–Crippen LogP) is 0.300. The Kier molecular flexibility index (Phi) is 3.73. The van der Waals surface area contributed by atoms with E-state index in [1.165, 1.54) is 31.0 Å². The van der Waals surface area contributed by atoms with Gasteiger partial charge in [0, 0.05) is 30.7 Å². The number of nitrogens with one attached hydrogen (secondary N) is 1. The Morgan fingerprint density at radius 3 is 2.71 bits per heavy atom. The van der Waals surface area contributed by atoms with Crippen LogP contribution in [0.5, 0.6) is 0 Å². The molecule has 1 atom stereocenters. The van der Waals surface area contributed by atoms with E-state index < -0.39 is 10.0 Å². The number of nitrogens with two attached hydrogens (primary N) is 1. The number of amides is 1. The molecule has 0 spiro atoms. The molecule has 3 rings (SSSR count). The number of nitrogens with zero attached hydrogens (tertiary/aromatic N) is 1. The van der Waals surface area contributed by atoms with Crippen molar-refractivity contribution in [3.8, 4) is 0 Å². The van der Waals surface area contributed by atoms with Crippen LogP contribution in [0.25, 0.3) is 0 Å². The molecule has 2 fully saturated rings. The zero-order chi connectivity index (χ0) is 15.0. The molecule has 7 heteroatoms. The van der Waals surface area contributed by atoms with Gasteiger partial charge >= 0.3 is 0 Å². The van der Waals surface area contributed by atoms with Crippen LogP contribution in [0.4, 0.5) is 0 Å². The van der Waals surface area contributed by atoms with Crippen molar-refractivity contribution in [1.82, 2.24) is 10.2 Å². The quantitative estimate of drug-likeness (QED) is 0.836. The second kappa shape index (κ2) is 5.40. The molecular weight excluding hydrogens is 290 g/mol. The minimum absolute atomic E-state index is 0.0406. The van der Waals surface area contributed by atoms with Gasteiger partial charge in [0.15, 0.2) is 0 Å². The van der Waals surface area contributed by atoms with Crippen molar-refractivity contribution in [2.75, 3.05) is 13.1 Å². The zero-order valence-electron chi connectivity index (χ0n) is 11.7. The monoisotopic (exact) mass is 309 g/mol. The molecule has 1 amide bonds. The van der Waals surface area contributed by atoms with Crippen molar-refractivity contribution in [3.63, 3.8) is 0 Å². The van der Waals surface area contributed by atoms with Gasteiger partial charge in [-0.2, -0.15) is 0 Å². The van der Waals surface area contributed by atoms with Crippen LogP contribution < -0.4 is 10.5 Å². The molecule has 21 heavy (non-hydrogen) atoms. The third-order valence-corrected chi connectivity index (χ3v) is 4.95. The summed E-state index contributed by atoms with van der Waals surface area (Å²) >= 11 is 0. The summed E-state index contributed by atoms with van der Waals surface area (Å²) in [4.78, 5) is 14.6. The number of rotatable bonds is 4. The van der Waals surface area contributed by atoms with E-state index in [0.29, 0.717) is 11.6 Å². The van der Waals surface area contributed by atoms with Crippen LogP contribution in [-0.4, -0.2) is 44.4 Å². The maximum absolute atomic E-state index is 12.2. The van der Waals surface area contributed by atoms with Crippen molar-refractivity contribution in [2.45, 2.75) is 36.2 Å². The van der Waals surface area contributed by atoms with Crippen molar-refractivity contribution >= 4 is 15.9 Å². The van der Waals surface area contributed by atoms with E-state index in [1.54, 1.807) is 6.07 Å². The molecule has 0 bridgehead atoms. The van der Waals surface area contributed by atoms with Crippen molar-refractivity contribution < 1.29 is 13.2 Å². The summed E-state index contributed by atoms with van der Waals surface area (Å²) in [5, 5.41) is 8.05. The molecule has 1 aromatic carbocycles. The normalized spacial score (nSPS) is 23.2. The highest BCUT2D eigenvalue weighted by molar-refractivity contribution is 7.89. The van der Waals surface area contributed by atoms with E-state index in [1.807, 2.05) is 0 Å².